The van der Waals surface area contributed by atoms with Gasteiger partial charge in [0.05, 0.1) is 6.20 Å². The summed E-state index contributed by atoms with van der Waals surface area (Å²) < 4.78 is 39.6. The number of aromatic nitrogens is 2. The average Bonchev–Trinajstić information content (AvgIpc) is 3.04. The molecule has 0 amide bonds. The second-order valence-electron chi connectivity index (χ2n) is 6.61. The predicted molar refractivity (Wildman–Crippen MR) is 103 cm³/mol. The number of aliphatic carboxylic acids is 1. The number of halogens is 4. The molecule has 1 aromatic heterocycles. The molecule has 30 heavy (non-hydrogen) atoms. The number of hydrogen-bond acceptors (Lipinski definition) is 5. The van der Waals surface area contributed by atoms with E-state index in [1.165, 1.54) is 0 Å². The van der Waals surface area contributed by atoms with Crippen LogP contribution in [0.5, 0.6) is 5.75 Å². The molecule has 1 aliphatic rings. The van der Waals surface area contributed by atoms with Gasteiger partial charge in [0.1, 0.15) is 23.6 Å². The molecule has 1 aromatic carbocycles. The zero-order valence-corrected chi connectivity index (χ0v) is 17.0. The van der Waals surface area contributed by atoms with Crippen LogP contribution >= 0.6 is 11.6 Å². The van der Waals surface area contributed by atoms with Crippen LogP contribution in [0.25, 0.3) is 11.1 Å². The fraction of sp³-hybridized carbons (Fsp3) is 0.421. The SMILES string of the molecule is Cc1cc(Cl)cc(-c2cnn(C)c2C#N)c1OC1CCNCC1.O=C(O)C(F)(F)F. The highest BCUT2D eigenvalue weighted by atomic mass is 35.5. The molecule has 11 heteroatoms. The maximum absolute atomic E-state index is 10.6. The topological polar surface area (TPSA) is 100 Å². The van der Waals surface area contributed by atoms with Gasteiger partial charge in [-0.3, -0.25) is 4.68 Å². The Morgan fingerprint density at radius 3 is 2.50 bits per heavy atom. The van der Waals surface area contributed by atoms with E-state index in [0.717, 1.165) is 48.4 Å². The van der Waals surface area contributed by atoms with Crippen molar-refractivity contribution in [3.63, 3.8) is 0 Å². The fourth-order valence-electron chi connectivity index (χ4n) is 2.93. The molecule has 1 saturated heterocycles. The van der Waals surface area contributed by atoms with Gasteiger partial charge in [-0.25, -0.2) is 4.79 Å². The van der Waals surface area contributed by atoms with E-state index in [9.17, 15) is 18.4 Å². The summed E-state index contributed by atoms with van der Waals surface area (Å²) in [7, 11) is 1.76. The summed E-state index contributed by atoms with van der Waals surface area (Å²) in [5.74, 6) is -1.96. The molecular formula is C19H20ClF3N4O3. The molecule has 0 atom stereocenters. The monoisotopic (exact) mass is 444 g/mol. The van der Waals surface area contributed by atoms with Gasteiger partial charge in [0.15, 0.2) is 0 Å². The number of nitriles is 1. The number of hydrogen-bond donors (Lipinski definition) is 2. The van der Waals surface area contributed by atoms with Crippen LogP contribution < -0.4 is 10.1 Å². The van der Waals surface area contributed by atoms with Crippen LogP contribution in [-0.4, -0.2) is 46.2 Å². The lowest BCUT2D eigenvalue weighted by Crippen LogP contribution is -2.34. The minimum absolute atomic E-state index is 0.178. The lowest BCUT2D eigenvalue weighted by atomic mass is 10.0. The van der Waals surface area contributed by atoms with Gasteiger partial charge in [-0.1, -0.05) is 11.6 Å². The second kappa shape index (κ2) is 9.82. The van der Waals surface area contributed by atoms with E-state index in [0.29, 0.717) is 10.7 Å². The normalized spacial score (nSPS) is 14.4. The highest BCUT2D eigenvalue weighted by Crippen LogP contribution is 2.38. The Morgan fingerprint density at radius 2 is 1.97 bits per heavy atom. The van der Waals surface area contributed by atoms with Gasteiger partial charge in [0, 0.05) is 23.2 Å². The zero-order valence-electron chi connectivity index (χ0n) is 16.3. The summed E-state index contributed by atoms with van der Waals surface area (Å²) in [6.07, 6.45) is -1.27. The first-order valence-corrected chi connectivity index (χ1v) is 9.32. The smallest absolute Gasteiger partial charge is 0.489 e. The van der Waals surface area contributed by atoms with E-state index in [4.69, 9.17) is 26.2 Å². The fourth-order valence-corrected chi connectivity index (χ4v) is 3.21. The van der Waals surface area contributed by atoms with Gasteiger partial charge in [0.2, 0.25) is 0 Å². The molecule has 0 radical (unpaired) electrons. The molecule has 7 nitrogen and oxygen atoms in total. The van der Waals surface area contributed by atoms with E-state index in [1.807, 2.05) is 19.1 Å². The Bertz CT molecular complexity index is 948. The Labute approximate surface area is 176 Å². The molecule has 162 valence electrons. The maximum Gasteiger partial charge on any atom is 0.490 e. The largest absolute Gasteiger partial charge is 0.490 e. The van der Waals surface area contributed by atoms with Crippen LogP contribution in [0, 0.1) is 18.3 Å². The Balaban J connectivity index is 0.000000396. The number of carbonyl (C=O) groups is 1. The summed E-state index contributed by atoms with van der Waals surface area (Å²) in [6.45, 7) is 3.90. The number of nitrogens with zero attached hydrogens (tertiary/aromatic N) is 3. The number of alkyl halides is 3. The van der Waals surface area contributed by atoms with Crippen molar-refractivity contribution in [3.05, 3.63) is 34.6 Å². The van der Waals surface area contributed by atoms with Crippen LogP contribution in [0.2, 0.25) is 5.02 Å². The molecule has 2 heterocycles. The van der Waals surface area contributed by atoms with Crippen molar-refractivity contribution in [1.82, 2.24) is 15.1 Å². The summed E-state index contributed by atoms with van der Waals surface area (Å²) in [5, 5.41) is 24.7. The number of piperidine rings is 1. The Hall–Kier alpha value is -2.77. The average molecular weight is 445 g/mol. The van der Waals surface area contributed by atoms with Crippen molar-refractivity contribution >= 4 is 17.6 Å². The minimum Gasteiger partial charge on any atom is -0.489 e. The first-order chi connectivity index (χ1) is 14.0. The highest BCUT2D eigenvalue weighted by molar-refractivity contribution is 6.31. The van der Waals surface area contributed by atoms with Crippen molar-refractivity contribution in [3.8, 4) is 22.9 Å². The zero-order chi connectivity index (χ0) is 22.5. The van der Waals surface area contributed by atoms with Crippen molar-refractivity contribution in [2.24, 2.45) is 7.05 Å². The van der Waals surface area contributed by atoms with E-state index in [2.05, 4.69) is 16.5 Å². The van der Waals surface area contributed by atoms with E-state index in [1.54, 1.807) is 17.9 Å². The molecule has 0 saturated carbocycles. The number of nitrogens with one attached hydrogen (secondary N) is 1. The molecule has 2 N–H and O–H groups in total. The third-order valence-corrected chi connectivity index (χ3v) is 4.61. The van der Waals surface area contributed by atoms with Crippen molar-refractivity contribution in [2.45, 2.75) is 32.0 Å². The van der Waals surface area contributed by atoms with Crippen LogP contribution in [0.4, 0.5) is 13.2 Å². The van der Waals surface area contributed by atoms with Gasteiger partial charge >= 0.3 is 12.1 Å². The molecule has 2 aromatic rings. The lowest BCUT2D eigenvalue weighted by Gasteiger charge is -2.26. The van der Waals surface area contributed by atoms with Gasteiger partial charge < -0.3 is 15.2 Å². The Kier molecular flexibility index (Phi) is 7.70. The van der Waals surface area contributed by atoms with Crippen molar-refractivity contribution in [2.75, 3.05) is 13.1 Å². The summed E-state index contributed by atoms with van der Waals surface area (Å²) in [4.78, 5) is 8.90. The third kappa shape index (κ3) is 5.87. The van der Waals surface area contributed by atoms with Gasteiger partial charge in [-0.15, -0.1) is 0 Å². The van der Waals surface area contributed by atoms with Crippen LogP contribution in [0.15, 0.2) is 18.3 Å². The predicted octanol–water partition coefficient (Wildman–Crippen LogP) is 3.68. The summed E-state index contributed by atoms with van der Waals surface area (Å²) in [6, 6.07) is 5.95. The van der Waals surface area contributed by atoms with E-state index >= 15 is 0 Å². The molecule has 0 bridgehead atoms. The number of carboxylic acid groups (broad SMARTS) is 1. The molecule has 0 spiro atoms. The molecule has 3 rings (SSSR count). The quantitative estimate of drug-likeness (QED) is 0.749. The molecule has 1 fully saturated rings. The number of aryl methyl sites for hydroxylation is 2. The van der Waals surface area contributed by atoms with Crippen molar-refractivity contribution < 1.29 is 27.8 Å². The second-order valence-corrected chi connectivity index (χ2v) is 7.05. The lowest BCUT2D eigenvalue weighted by molar-refractivity contribution is -0.192. The number of benzene rings is 1. The maximum atomic E-state index is 10.6. The molecule has 1 aliphatic heterocycles. The third-order valence-electron chi connectivity index (χ3n) is 4.39. The minimum atomic E-state index is -5.08. The highest BCUT2D eigenvalue weighted by Gasteiger charge is 2.38. The van der Waals surface area contributed by atoms with Crippen LogP contribution in [-0.2, 0) is 11.8 Å². The van der Waals surface area contributed by atoms with E-state index < -0.39 is 12.1 Å². The number of carboxylic acids is 1. The Morgan fingerprint density at radius 1 is 1.37 bits per heavy atom. The molecule has 0 unspecified atom stereocenters. The van der Waals surface area contributed by atoms with Crippen LogP contribution in [0.1, 0.15) is 24.1 Å². The van der Waals surface area contributed by atoms with Crippen molar-refractivity contribution in [1.29, 1.82) is 5.26 Å². The van der Waals surface area contributed by atoms with Crippen LogP contribution in [0.3, 0.4) is 0 Å². The first kappa shape index (κ1) is 23.5. The van der Waals surface area contributed by atoms with E-state index in [-0.39, 0.29) is 6.10 Å². The first-order valence-electron chi connectivity index (χ1n) is 8.94. The van der Waals surface area contributed by atoms with Gasteiger partial charge in [-0.2, -0.15) is 23.5 Å². The number of ether oxygens (including phenoxy) is 1. The summed E-state index contributed by atoms with van der Waals surface area (Å²) in [5.41, 5.74) is 3.06. The standard InChI is InChI=1S/C17H19ClN4O.C2HF3O2/c1-11-7-12(18)8-14(15-10-21-22(2)16(15)9-19)17(11)23-13-3-5-20-6-4-13;3-2(4,5)1(6)7/h7-8,10,13,20H,3-6H2,1-2H3;(H,6,7). The van der Waals surface area contributed by atoms with Gasteiger partial charge in [-0.05, 0) is 50.6 Å². The van der Waals surface area contributed by atoms with Gasteiger partial charge in [0.25, 0.3) is 0 Å². The molecular weight excluding hydrogens is 425 g/mol. The summed E-state index contributed by atoms with van der Waals surface area (Å²) >= 11 is 6.24. The number of rotatable bonds is 3. The molecule has 0 aliphatic carbocycles.